The average molecular weight is 329 g/mol. The summed E-state index contributed by atoms with van der Waals surface area (Å²) in [7, 11) is 0. The van der Waals surface area contributed by atoms with Gasteiger partial charge in [0.1, 0.15) is 0 Å². The van der Waals surface area contributed by atoms with E-state index in [0.29, 0.717) is 22.3 Å². The van der Waals surface area contributed by atoms with Gasteiger partial charge in [0.05, 0.1) is 11.0 Å². The van der Waals surface area contributed by atoms with Crippen LogP contribution in [0.1, 0.15) is 10.4 Å². The van der Waals surface area contributed by atoms with E-state index in [9.17, 15) is 9.59 Å². The zero-order valence-electron chi connectivity index (χ0n) is 13.2. The van der Waals surface area contributed by atoms with Crippen molar-refractivity contribution in [3.63, 3.8) is 0 Å². The van der Waals surface area contributed by atoms with Crippen LogP contribution in [0.4, 0.5) is 5.69 Å². The molecule has 25 heavy (non-hydrogen) atoms. The maximum absolute atomic E-state index is 12.8. The second-order valence-corrected chi connectivity index (χ2v) is 5.71. The van der Waals surface area contributed by atoms with E-state index in [2.05, 4.69) is 15.3 Å². The predicted molar refractivity (Wildman–Crippen MR) is 98.8 cm³/mol. The molecule has 0 spiro atoms. The van der Waals surface area contributed by atoms with Crippen LogP contribution in [-0.2, 0) is 0 Å². The third-order valence-corrected chi connectivity index (χ3v) is 4.03. The molecule has 0 atom stereocenters. The highest BCUT2D eigenvalue weighted by Gasteiger charge is 2.13. The molecule has 0 fully saturated rings. The van der Waals surface area contributed by atoms with Crippen LogP contribution in [0, 0.1) is 0 Å². The molecule has 122 valence electrons. The molecular formula is C20H15N3O2. The Hall–Kier alpha value is -3.60. The van der Waals surface area contributed by atoms with E-state index in [1.165, 1.54) is 0 Å². The van der Waals surface area contributed by atoms with Crippen molar-refractivity contribution in [1.29, 1.82) is 0 Å². The molecule has 0 aliphatic heterocycles. The molecule has 5 nitrogen and oxygen atoms in total. The lowest BCUT2D eigenvalue weighted by atomic mass is 9.99. The van der Waals surface area contributed by atoms with Crippen LogP contribution in [0.5, 0.6) is 0 Å². The van der Waals surface area contributed by atoms with Gasteiger partial charge in [-0.25, -0.2) is 4.79 Å². The van der Waals surface area contributed by atoms with E-state index in [0.717, 1.165) is 11.1 Å². The number of carbonyl (C=O) groups is 1. The molecule has 4 rings (SSSR count). The number of benzene rings is 3. The molecule has 0 saturated carbocycles. The fourth-order valence-corrected chi connectivity index (χ4v) is 2.86. The minimum Gasteiger partial charge on any atom is -0.322 e. The Kier molecular flexibility index (Phi) is 3.67. The van der Waals surface area contributed by atoms with Crippen molar-refractivity contribution in [2.45, 2.75) is 0 Å². The number of rotatable bonds is 3. The molecule has 0 unspecified atom stereocenters. The molecule has 0 bridgehead atoms. The van der Waals surface area contributed by atoms with Crippen LogP contribution in [0.25, 0.3) is 22.2 Å². The average Bonchev–Trinajstić information content (AvgIpc) is 3.02. The Morgan fingerprint density at radius 1 is 0.800 bits per heavy atom. The van der Waals surface area contributed by atoms with Gasteiger partial charge in [-0.15, -0.1) is 0 Å². The number of aromatic amines is 2. The van der Waals surface area contributed by atoms with Gasteiger partial charge >= 0.3 is 5.69 Å². The highest BCUT2D eigenvalue weighted by Crippen LogP contribution is 2.24. The lowest BCUT2D eigenvalue weighted by Gasteiger charge is -2.10. The van der Waals surface area contributed by atoms with E-state index < -0.39 is 0 Å². The number of H-pyrrole nitrogens is 2. The fraction of sp³-hybridized carbons (Fsp3) is 0. The molecule has 0 radical (unpaired) electrons. The number of imidazole rings is 1. The zero-order chi connectivity index (χ0) is 17.2. The molecule has 1 amide bonds. The maximum Gasteiger partial charge on any atom is 0.323 e. The number of anilines is 1. The van der Waals surface area contributed by atoms with Crippen LogP contribution in [0.15, 0.2) is 77.6 Å². The summed E-state index contributed by atoms with van der Waals surface area (Å²) in [6.07, 6.45) is 0. The van der Waals surface area contributed by atoms with Gasteiger partial charge in [-0.05, 0) is 35.4 Å². The summed E-state index contributed by atoms with van der Waals surface area (Å²) in [4.78, 5) is 29.5. The predicted octanol–water partition coefficient (Wildman–Crippen LogP) is 3.78. The molecule has 1 heterocycles. The van der Waals surface area contributed by atoms with Gasteiger partial charge in [-0.1, -0.05) is 48.5 Å². The molecule has 0 aliphatic carbocycles. The van der Waals surface area contributed by atoms with Crippen LogP contribution in [-0.4, -0.2) is 15.9 Å². The Morgan fingerprint density at radius 3 is 2.36 bits per heavy atom. The number of hydrogen-bond acceptors (Lipinski definition) is 2. The summed E-state index contributed by atoms with van der Waals surface area (Å²) in [6.45, 7) is 0. The Morgan fingerprint density at radius 2 is 1.52 bits per heavy atom. The summed E-state index contributed by atoms with van der Waals surface area (Å²) < 4.78 is 0. The second-order valence-electron chi connectivity index (χ2n) is 5.71. The van der Waals surface area contributed by atoms with Crippen molar-refractivity contribution in [2.75, 3.05) is 5.32 Å². The summed E-state index contributed by atoms with van der Waals surface area (Å²) >= 11 is 0. The SMILES string of the molecule is O=C(Nc1ccc2[nH]c(=O)[nH]c2c1)c1ccccc1-c1ccccc1. The minimum atomic E-state index is -0.270. The first-order valence-corrected chi connectivity index (χ1v) is 7.88. The minimum absolute atomic E-state index is 0.198. The largest absolute Gasteiger partial charge is 0.323 e. The molecule has 4 aromatic rings. The van der Waals surface area contributed by atoms with Crippen molar-refractivity contribution < 1.29 is 4.79 Å². The van der Waals surface area contributed by atoms with E-state index in [1.807, 2.05) is 48.5 Å². The number of aromatic nitrogens is 2. The van der Waals surface area contributed by atoms with Gasteiger partial charge in [-0.3, -0.25) is 4.79 Å². The number of carbonyl (C=O) groups excluding carboxylic acids is 1. The monoisotopic (exact) mass is 329 g/mol. The van der Waals surface area contributed by atoms with E-state index >= 15 is 0 Å². The summed E-state index contributed by atoms with van der Waals surface area (Å²) in [5, 5.41) is 2.89. The second kappa shape index (κ2) is 6.13. The van der Waals surface area contributed by atoms with Gasteiger partial charge in [0.25, 0.3) is 5.91 Å². The van der Waals surface area contributed by atoms with Gasteiger partial charge in [-0.2, -0.15) is 0 Å². The highest BCUT2D eigenvalue weighted by molar-refractivity contribution is 6.09. The van der Waals surface area contributed by atoms with Crippen LogP contribution >= 0.6 is 0 Å². The van der Waals surface area contributed by atoms with Crippen LogP contribution < -0.4 is 11.0 Å². The van der Waals surface area contributed by atoms with Crippen LogP contribution in [0.2, 0.25) is 0 Å². The molecule has 3 N–H and O–H groups in total. The molecule has 1 aromatic heterocycles. The Balaban J connectivity index is 1.68. The van der Waals surface area contributed by atoms with E-state index in [1.54, 1.807) is 24.3 Å². The molecule has 0 aliphatic rings. The lowest BCUT2D eigenvalue weighted by Crippen LogP contribution is -2.13. The van der Waals surface area contributed by atoms with Crippen molar-refractivity contribution in [3.05, 3.63) is 88.8 Å². The Bertz CT molecular complexity index is 1110. The molecule has 0 saturated heterocycles. The standard InChI is InChI=1S/C20H15N3O2/c24-19(21-14-10-11-17-18(12-14)23-20(25)22-17)16-9-5-4-8-15(16)13-6-2-1-3-7-13/h1-12H,(H,21,24)(H2,22,23,25). The smallest absolute Gasteiger partial charge is 0.322 e. The van der Waals surface area contributed by atoms with Crippen molar-refractivity contribution >= 4 is 22.6 Å². The molecule has 5 heteroatoms. The highest BCUT2D eigenvalue weighted by atomic mass is 16.2. The molecule has 3 aromatic carbocycles. The normalized spacial score (nSPS) is 10.7. The van der Waals surface area contributed by atoms with Crippen LogP contribution in [0.3, 0.4) is 0 Å². The van der Waals surface area contributed by atoms with Gasteiger partial charge in [0, 0.05) is 11.3 Å². The number of nitrogens with one attached hydrogen (secondary N) is 3. The quantitative estimate of drug-likeness (QED) is 0.535. The topological polar surface area (TPSA) is 77.8 Å². The molecular weight excluding hydrogens is 314 g/mol. The number of fused-ring (bicyclic) bond motifs is 1. The van der Waals surface area contributed by atoms with E-state index in [-0.39, 0.29) is 11.6 Å². The first-order valence-electron chi connectivity index (χ1n) is 7.88. The first-order chi connectivity index (χ1) is 12.2. The lowest BCUT2D eigenvalue weighted by molar-refractivity contribution is 0.102. The number of hydrogen-bond donors (Lipinski definition) is 3. The first kappa shape index (κ1) is 15.0. The fourth-order valence-electron chi connectivity index (χ4n) is 2.86. The zero-order valence-corrected chi connectivity index (χ0v) is 13.2. The van der Waals surface area contributed by atoms with Crippen molar-refractivity contribution in [2.24, 2.45) is 0 Å². The Labute approximate surface area is 143 Å². The third-order valence-electron chi connectivity index (χ3n) is 4.03. The van der Waals surface area contributed by atoms with Crippen molar-refractivity contribution in [1.82, 2.24) is 9.97 Å². The van der Waals surface area contributed by atoms with Gasteiger partial charge < -0.3 is 15.3 Å². The van der Waals surface area contributed by atoms with Crippen molar-refractivity contribution in [3.8, 4) is 11.1 Å². The number of amides is 1. The third kappa shape index (κ3) is 2.95. The summed E-state index contributed by atoms with van der Waals surface area (Å²) in [6, 6.07) is 22.5. The van der Waals surface area contributed by atoms with Gasteiger partial charge in [0.15, 0.2) is 0 Å². The maximum atomic E-state index is 12.8. The van der Waals surface area contributed by atoms with Gasteiger partial charge in [0.2, 0.25) is 0 Å². The summed E-state index contributed by atoms with van der Waals surface area (Å²) in [5.74, 6) is -0.198. The van der Waals surface area contributed by atoms with E-state index in [4.69, 9.17) is 0 Å². The summed E-state index contributed by atoms with van der Waals surface area (Å²) in [5.41, 5.74) is 4.15.